The maximum Gasteiger partial charge on any atom is 0.226 e. The third-order valence-corrected chi connectivity index (χ3v) is 7.98. The second-order valence-corrected chi connectivity index (χ2v) is 10.7. The average Bonchev–Trinajstić information content (AvgIpc) is 2.60. The molecule has 0 radical (unpaired) electrons. The first kappa shape index (κ1) is 20.1. The molecule has 1 aromatic rings. The van der Waals surface area contributed by atoms with E-state index in [9.17, 15) is 9.59 Å². The van der Waals surface area contributed by atoms with E-state index >= 15 is 0 Å². The molecule has 2 unspecified atom stereocenters. The van der Waals surface area contributed by atoms with E-state index in [-0.39, 0.29) is 22.8 Å². The molecule has 5 rings (SSSR count). The zero-order valence-corrected chi connectivity index (χ0v) is 18.0. The van der Waals surface area contributed by atoms with Crippen LogP contribution in [0.25, 0.3) is 0 Å². The maximum absolute atomic E-state index is 13.1. The number of nitrogens with one attached hydrogen (secondary N) is 2. The van der Waals surface area contributed by atoms with Crippen LogP contribution in [0.4, 0.5) is 0 Å². The van der Waals surface area contributed by atoms with Crippen molar-refractivity contribution >= 4 is 35.2 Å². The van der Waals surface area contributed by atoms with Gasteiger partial charge in [-0.05, 0) is 68.1 Å². The van der Waals surface area contributed by atoms with E-state index in [1.165, 1.54) is 12.0 Å². The van der Waals surface area contributed by atoms with Crippen molar-refractivity contribution in [1.82, 2.24) is 10.6 Å². The largest absolute Gasteiger partial charge is 0.355 e. The Bertz CT molecular complexity index is 737. The highest BCUT2D eigenvalue weighted by molar-refractivity contribution is 7.98. The second kappa shape index (κ2) is 7.91. The van der Waals surface area contributed by atoms with Gasteiger partial charge in [-0.15, -0.1) is 0 Å². The van der Waals surface area contributed by atoms with Gasteiger partial charge in [-0.1, -0.05) is 23.7 Å². The van der Waals surface area contributed by atoms with Crippen molar-refractivity contribution in [1.29, 1.82) is 0 Å². The molecule has 4 saturated carbocycles. The van der Waals surface area contributed by atoms with Crippen LogP contribution in [0.1, 0.15) is 51.0 Å². The van der Waals surface area contributed by atoms with Crippen LogP contribution in [0, 0.1) is 17.3 Å². The van der Waals surface area contributed by atoms with Crippen molar-refractivity contribution in [3.8, 4) is 0 Å². The number of hydrogen-bond donors (Lipinski definition) is 2. The highest BCUT2D eigenvalue weighted by Crippen LogP contribution is 2.61. The van der Waals surface area contributed by atoms with E-state index in [1.807, 2.05) is 36.0 Å². The summed E-state index contributed by atoms with van der Waals surface area (Å²) < 4.78 is 0. The zero-order chi connectivity index (χ0) is 19.8. The molecule has 2 amide bonds. The lowest BCUT2D eigenvalue weighted by atomic mass is 9.46. The molecule has 1 aromatic carbocycles. The van der Waals surface area contributed by atoms with Gasteiger partial charge < -0.3 is 10.6 Å². The molecule has 2 N–H and O–H groups in total. The van der Waals surface area contributed by atoms with Gasteiger partial charge in [-0.3, -0.25) is 9.59 Å². The summed E-state index contributed by atoms with van der Waals surface area (Å²) in [5.74, 6) is 3.23. The SMILES string of the molecule is CC(=O)NC12C[C@H]3C[C@@H](C1)CC(C(=O)NCCSCc1ccc(Cl)cc1)(C3)C2. The zero-order valence-electron chi connectivity index (χ0n) is 16.4. The highest BCUT2D eigenvalue weighted by atomic mass is 35.5. The molecule has 0 spiro atoms. The van der Waals surface area contributed by atoms with Crippen molar-refractivity contribution in [2.75, 3.05) is 12.3 Å². The van der Waals surface area contributed by atoms with E-state index in [2.05, 4.69) is 10.6 Å². The van der Waals surface area contributed by atoms with Gasteiger partial charge in [0.1, 0.15) is 0 Å². The van der Waals surface area contributed by atoms with Gasteiger partial charge in [0.25, 0.3) is 0 Å². The van der Waals surface area contributed by atoms with Gasteiger partial charge in [-0.2, -0.15) is 11.8 Å². The van der Waals surface area contributed by atoms with Crippen molar-refractivity contribution in [3.05, 3.63) is 34.9 Å². The number of thioether (sulfide) groups is 1. The lowest BCUT2D eigenvalue weighted by molar-refractivity contribution is -0.152. The highest BCUT2D eigenvalue weighted by Gasteiger charge is 2.60. The fraction of sp³-hybridized carbons (Fsp3) is 0.636. The molecular weight excluding hydrogens is 392 g/mol. The van der Waals surface area contributed by atoms with E-state index in [4.69, 9.17) is 11.6 Å². The predicted molar refractivity (Wildman–Crippen MR) is 114 cm³/mol. The van der Waals surface area contributed by atoms with E-state index < -0.39 is 0 Å². The van der Waals surface area contributed by atoms with Crippen molar-refractivity contribution in [2.24, 2.45) is 17.3 Å². The van der Waals surface area contributed by atoms with Crippen LogP contribution >= 0.6 is 23.4 Å². The summed E-state index contributed by atoms with van der Waals surface area (Å²) in [5.41, 5.74) is 0.836. The van der Waals surface area contributed by atoms with Gasteiger partial charge in [0.15, 0.2) is 0 Å². The Kier molecular flexibility index (Phi) is 5.67. The fourth-order valence-corrected chi connectivity index (χ4v) is 7.19. The Balaban J connectivity index is 1.29. The average molecular weight is 421 g/mol. The fourth-order valence-electron chi connectivity index (χ4n) is 6.24. The summed E-state index contributed by atoms with van der Waals surface area (Å²) in [7, 11) is 0. The van der Waals surface area contributed by atoms with Crippen LogP contribution in [0.2, 0.25) is 5.02 Å². The van der Waals surface area contributed by atoms with Crippen molar-refractivity contribution < 1.29 is 9.59 Å². The number of halogens is 1. The van der Waals surface area contributed by atoms with E-state index in [0.29, 0.717) is 18.4 Å². The van der Waals surface area contributed by atoms with Crippen LogP contribution in [-0.4, -0.2) is 29.7 Å². The molecule has 4 fully saturated rings. The smallest absolute Gasteiger partial charge is 0.226 e. The molecule has 4 bridgehead atoms. The number of carbonyl (C=O) groups excluding carboxylic acids is 2. The van der Waals surface area contributed by atoms with Gasteiger partial charge in [0.05, 0.1) is 5.41 Å². The van der Waals surface area contributed by atoms with Crippen LogP contribution in [0.5, 0.6) is 0 Å². The minimum Gasteiger partial charge on any atom is -0.355 e. The van der Waals surface area contributed by atoms with Crippen molar-refractivity contribution in [3.63, 3.8) is 0 Å². The van der Waals surface area contributed by atoms with E-state index in [1.54, 1.807) is 6.92 Å². The Labute approximate surface area is 176 Å². The minimum absolute atomic E-state index is 0.0381. The summed E-state index contributed by atoms with van der Waals surface area (Å²) in [6.07, 6.45) is 6.14. The molecule has 6 heteroatoms. The third kappa shape index (κ3) is 4.20. The second-order valence-electron chi connectivity index (χ2n) is 9.14. The summed E-state index contributed by atoms with van der Waals surface area (Å²) in [4.78, 5) is 24.9. The summed E-state index contributed by atoms with van der Waals surface area (Å²) >= 11 is 7.74. The topological polar surface area (TPSA) is 58.2 Å². The maximum atomic E-state index is 13.1. The molecule has 28 heavy (non-hydrogen) atoms. The number of benzene rings is 1. The molecule has 0 heterocycles. The number of hydrogen-bond acceptors (Lipinski definition) is 3. The summed E-state index contributed by atoms with van der Waals surface area (Å²) in [6.45, 7) is 2.30. The first-order chi connectivity index (χ1) is 13.4. The minimum atomic E-state index is -0.270. The van der Waals surface area contributed by atoms with Gasteiger partial charge in [0.2, 0.25) is 11.8 Å². The van der Waals surface area contributed by atoms with Crippen molar-refractivity contribution in [2.45, 2.75) is 56.7 Å². The molecule has 0 saturated heterocycles. The van der Waals surface area contributed by atoms with Crippen LogP contribution < -0.4 is 10.6 Å². The first-order valence-corrected chi connectivity index (χ1v) is 11.8. The van der Waals surface area contributed by atoms with E-state index in [0.717, 1.165) is 48.6 Å². The molecule has 4 atom stereocenters. The molecule has 4 aliphatic carbocycles. The monoisotopic (exact) mass is 420 g/mol. The van der Waals surface area contributed by atoms with Gasteiger partial charge in [-0.25, -0.2) is 0 Å². The lowest BCUT2D eigenvalue weighted by Gasteiger charge is -2.61. The normalized spacial score (nSPS) is 32.9. The quantitative estimate of drug-likeness (QED) is 0.651. The van der Waals surface area contributed by atoms with Crippen LogP contribution in [-0.2, 0) is 15.3 Å². The molecular formula is C22H29ClN2O2S. The molecule has 0 aliphatic heterocycles. The van der Waals surface area contributed by atoms with Gasteiger partial charge >= 0.3 is 0 Å². The van der Waals surface area contributed by atoms with Crippen LogP contribution in [0.15, 0.2) is 24.3 Å². The molecule has 4 aliphatic rings. The Morgan fingerprint density at radius 2 is 1.82 bits per heavy atom. The Morgan fingerprint density at radius 3 is 2.46 bits per heavy atom. The molecule has 4 nitrogen and oxygen atoms in total. The first-order valence-electron chi connectivity index (χ1n) is 10.3. The molecule has 0 aromatic heterocycles. The standard InChI is InChI=1S/C22H29ClN2O2S/c1-15(26)25-22-11-17-8-18(12-22)10-21(9-17,14-22)20(27)24-6-7-28-13-16-2-4-19(23)5-3-16/h2-5,17-18H,6-14H2,1H3,(H,24,27)(H,25,26)/t17-,18+,21?,22?. The Hall–Kier alpha value is -1.20. The summed E-state index contributed by atoms with van der Waals surface area (Å²) in [5, 5.41) is 7.20. The number of rotatable bonds is 7. The van der Waals surface area contributed by atoms with Gasteiger partial charge in [0, 0.05) is 35.5 Å². The number of amides is 2. The predicted octanol–water partition coefficient (Wildman–Crippen LogP) is 4.16. The third-order valence-electron chi connectivity index (χ3n) is 6.70. The van der Waals surface area contributed by atoms with Crippen LogP contribution in [0.3, 0.4) is 0 Å². The molecule has 152 valence electrons. The summed E-state index contributed by atoms with van der Waals surface area (Å²) in [6, 6.07) is 7.92. The lowest BCUT2D eigenvalue weighted by Crippen LogP contribution is -2.65. The Morgan fingerprint density at radius 1 is 1.14 bits per heavy atom. The number of carbonyl (C=O) groups is 2.